The molecule has 0 spiro atoms. The van der Waals surface area contributed by atoms with Gasteiger partial charge >= 0.3 is 0 Å². The minimum atomic E-state index is -0.563. The van der Waals surface area contributed by atoms with Crippen molar-refractivity contribution in [1.29, 1.82) is 0 Å². The molecule has 35 heavy (non-hydrogen) atoms. The Morgan fingerprint density at radius 3 is 2.40 bits per heavy atom. The summed E-state index contributed by atoms with van der Waals surface area (Å²) in [5.41, 5.74) is 4.87. The molecule has 0 aliphatic carbocycles. The maximum atomic E-state index is 13.5. The maximum absolute atomic E-state index is 13.5. The van der Waals surface area contributed by atoms with E-state index in [0.29, 0.717) is 22.2 Å². The predicted molar refractivity (Wildman–Crippen MR) is 141 cm³/mol. The normalized spacial score (nSPS) is 15.0. The molecule has 1 saturated heterocycles. The topological polar surface area (TPSA) is 72.8 Å². The van der Waals surface area contributed by atoms with Crippen LogP contribution in [0.3, 0.4) is 0 Å². The molecule has 3 aromatic rings. The van der Waals surface area contributed by atoms with Crippen molar-refractivity contribution in [2.45, 2.75) is 20.8 Å². The summed E-state index contributed by atoms with van der Waals surface area (Å²) >= 11 is 11.6. The van der Waals surface area contributed by atoms with Crippen LogP contribution in [0.2, 0.25) is 5.02 Å². The largest absolute Gasteiger partial charge is 0.497 e. The van der Waals surface area contributed by atoms with Crippen LogP contribution in [0.15, 0.2) is 48.0 Å². The van der Waals surface area contributed by atoms with Crippen LogP contribution in [-0.4, -0.2) is 35.7 Å². The molecule has 0 unspecified atom stereocenters. The first-order chi connectivity index (χ1) is 16.7. The van der Waals surface area contributed by atoms with Gasteiger partial charge in [-0.05, 0) is 80.5 Å². The molecular weight excluding hydrogens is 486 g/mol. The number of rotatable bonds is 5. The summed E-state index contributed by atoms with van der Waals surface area (Å²) < 4.78 is 12.7. The number of anilines is 1. The van der Waals surface area contributed by atoms with Gasteiger partial charge in [-0.2, -0.15) is 0 Å². The maximum Gasteiger partial charge on any atom is 0.270 e. The number of aryl methyl sites for hydroxylation is 2. The highest BCUT2D eigenvalue weighted by atomic mass is 35.5. The van der Waals surface area contributed by atoms with Crippen LogP contribution in [0.1, 0.15) is 22.5 Å². The molecule has 4 rings (SSSR count). The Morgan fingerprint density at radius 1 is 0.971 bits per heavy atom. The van der Waals surface area contributed by atoms with E-state index in [4.69, 9.17) is 33.3 Å². The average Bonchev–Trinajstić information content (AvgIpc) is 3.10. The van der Waals surface area contributed by atoms with Crippen molar-refractivity contribution >= 4 is 52.5 Å². The Kier molecular flexibility index (Phi) is 6.69. The highest BCUT2D eigenvalue weighted by molar-refractivity contribution is 7.80. The Labute approximate surface area is 213 Å². The average molecular weight is 510 g/mol. The lowest BCUT2D eigenvalue weighted by Crippen LogP contribution is -2.54. The highest BCUT2D eigenvalue weighted by Crippen LogP contribution is 2.35. The molecule has 0 radical (unpaired) electrons. The van der Waals surface area contributed by atoms with Crippen LogP contribution >= 0.6 is 23.8 Å². The first-order valence-corrected chi connectivity index (χ1v) is 11.5. The predicted octanol–water partition coefficient (Wildman–Crippen LogP) is 4.90. The van der Waals surface area contributed by atoms with E-state index in [1.807, 2.05) is 49.6 Å². The van der Waals surface area contributed by atoms with Crippen LogP contribution in [0.25, 0.3) is 11.8 Å². The molecule has 9 heteroatoms. The van der Waals surface area contributed by atoms with Crippen molar-refractivity contribution in [1.82, 2.24) is 9.88 Å². The lowest BCUT2D eigenvalue weighted by Gasteiger charge is -2.30. The van der Waals surface area contributed by atoms with E-state index < -0.39 is 11.8 Å². The molecule has 0 saturated carbocycles. The zero-order valence-electron chi connectivity index (χ0n) is 19.9. The number of carbonyl (C=O) groups is 2. The van der Waals surface area contributed by atoms with Gasteiger partial charge in [0, 0.05) is 28.2 Å². The number of nitrogens with zero attached hydrogens (tertiary/aromatic N) is 2. The Balaban J connectivity index is 1.79. The van der Waals surface area contributed by atoms with Crippen molar-refractivity contribution in [3.63, 3.8) is 0 Å². The van der Waals surface area contributed by atoms with E-state index in [0.717, 1.165) is 28.2 Å². The number of nitrogens with one attached hydrogen (secondary N) is 1. The summed E-state index contributed by atoms with van der Waals surface area (Å²) in [6.45, 7) is 5.89. The molecule has 7 nitrogen and oxygen atoms in total. The SMILES string of the molecule is COc1ccc(N2C(=O)/C(=C/c3cc(C)n(-c4cc(Cl)ccc4C)c3C)C(=O)NC2=S)c(OC)c1. The lowest BCUT2D eigenvalue weighted by molar-refractivity contribution is -0.122. The Bertz CT molecular complexity index is 1410. The summed E-state index contributed by atoms with van der Waals surface area (Å²) in [6, 6.07) is 12.6. The number of hydrogen-bond acceptors (Lipinski definition) is 5. The molecular formula is C26H24ClN3O4S. The summed E-state index contributed by atoms with van der Waals surface area (Å²) in [6.07, 6.45) is 1.58. The Morgan fingerprint density at radius 2 is 1.71 bits per heavy atom. The minimum absolute atomic E-state index is 0.0272. The van der Waals surface area contributed by atoms with Gasteiger partial charge in [0.15, 0.2) is 5.11 Å². The van der Waals surface area contributed by atoms with E-state index >= 15 is 0 Å². The van der Waals surface area contributed by atoms with Gasteiger partial charge in [0.2, 0.25) is 0 Å². The number of methoxy groups -OCH3 is 2. The second-order valence-corrected chi connectivity index (χ2v) is 8.91. The van der Waals surface area contributed by atoms with Gasteiger partial charge in [0.1, 0.15) is 17.1 Å². The van der Waals surface area contributed by atoms with Gasteiger partial charge in [-0.1, -0.05) is 17.7 Å². The van der Waals surface area contributed by atoms with Gasteiger partial charge in [0.05, 0.1) is 19.9 Å². The van der Waals surface area contributed by atoms with Gasteiger partial charge in [-0.25, -0.2) is 4.90 Å². The molecule has 2 aromatic carbocycles. The van der Waals surface area contributed by atoms with Crippen LogP contribution < -0.4 is 19.7 Å². The number of hydrogen-bond donors (Lipinski definition) is 1. The molecule has 1 fully saturated rings. The number of amides is 2. The van der Waals surface area contributed by atoms with Gasteiger partial charge < -0.3 is 14.0 Å². The summed E-state index contributed by atoms with van der Waals surface area (Å²) in [7, 11) is 3.02. The number of aromatic nitrogens is 1. The molecule has 1 N–H and O–H groups in total. The highest BCUT2D eigenvalue weighted by Gasteiger charge is 2.36. The Hall–Kier alpha value is -3.62. The van der Waals surface area contributed by atoms with Crippen LogP contribution in [0.5, 0.6) is 11.5 Å². The fraction of sp³-hybridized carbons (Fsp3) is 0.192. The lowest BCUT2D eigenvalue weighted by atomic mass is 10.1. The summed E-state index contributed by atoms with van der Waals surface area (Å²) in [5.74, 6) is -0.173. The fourth-order valence-corrected chi connectivity index (χ4v) is 4.57. The smallest absolute Gasteiger partial charge is 0.270 e. The third kappa shape index (κ3) is 4.42. The zero-order valence-corrected chi connectivity index (χ0v) is 21.5. The number of ether oxygens (including phenoxy) is 2. The van der Waals surface area contributed by atoms with Gasteiger partial charge in [0.25, 0.3) is 11.8 Å². The van der Waals surface area contributed by atoms with E-state index in [-0.39, 0.29) is 10.7 Å². The number of benzene rings is 2. The third-order valence-electron chi connectivity index (χ3n) is 5.91. The van der Waals surface area contributed by atoms with E-state index in [1.165, 1.54) is 19.1 Å². The number of halogens is 1. The second-order valence-electron chi connectivity index (χ2n) is 8.09. The van der Waals surface area contributed by atoms with Crippen molar-refractivity contribution < 1.29 is 19.1 Å². The molecule has 1 aliphatic heterocycles. The number of thiocarbonyl (C=S) groups is 1. The quantitative estimate of drug-likeness (QED) is 0.301. The van der Waals surface area contributed by atoms with Crippen molar-refractivity contribution in [2.75, 3.05) is 19.1 Å². The molecule has 0 bridgehead atoms. The van der Waals surface area contributed by atoms with Crippen molar-refractivity contribution in [3.8, 4) is 17.2 Å². The first kappa shape index (κ1) is 24.5. The van der Waals surface area contributed by atoms with Gasteiger partial charge in [-0.3, -0.25) is 14.9 Å². The molecule has 2 heterocycles. The standard InChI is InChI=1S/C26H24ClN3O4S/c1-14-6-7-18(27)12-22(14)29-15(2)10-17(16(29)3)11-20-24(31)28-26(35)30(25(20)32)21-9-8-19(33-4)13-23(21)34-5/h6-13H,1-5H3,(H,28,31,35)/b20-11+. The third-order valence-corrected chi connectivity index (χ3v) is 6.43. The fourth-order valence-electron chi connectivity index (χ4n) is 4.13. The van der Waals surface area contributed by atoms with E-state index in [2.05, 4.69) is 5.32 Å². The molecule has 180 valence electrons. The van der Waals surface area contributed by atoms with E-state index in [1.54, 1.807) is 24.3 Å². The van der Waals surface area contributed by atoms with Crippen LogP contribution in [0.4, 0.5) is 5.69 Å². The minimum Gasteiger partial charge on any atom is -0.497 e. The molecule has 1 aliphatic rings. The van der Waals surface area contributed by atoms with Gasteiger partial charge in [-0.15, -0.1) is 0 Å². The van der Waals surface area contributed by atoms with Crippen molar-refractivity contribution in [2.24, 2.45) is 0 Å². The number of carbonyl (C=O) groups excluding carboxylic acids is 2. The van der Waals surface area contributed by atoms with Crippen LogP contribution in [-0.2, 0) is 9.59 Å². The zero-order chi connectivity index (χ0) is 25.4. The molecule has 2 amide bonds. The second kappa shape index (κ2) is 9.56. The molecule has 1 aromatic heterocycles. The van der Waals surface area contributed by atoms with Crippen molar-refractivity contribution in [3.05, 3.63) is 75.6 Å². The first-order valence-electron chi connectivity index (χ1n) is 10.7. The monoisotopic (exact) mass is 509 g/mol. The molecule has 0 atom stereocenters. The summed E-state index contributed by atoms with van der Waals surface area (Å²) in [5, 5.41) is 3.21. The van der Waals surface area contributed by atoms with E-state index in [9.17, 15) is 9.59 Å². The van der Waals surface area contributed by atoms with Crippen LogP contribution in [0, 0.1) is 20.8 Å². The summed E-state index contributed by atoms with van der Waals surface area (Å²) in [4.78, 5) is 27.6.